The molecule has 120 valence electrons. The molecule has 25 heavy (non-hydrogen) atoms. The summed E-state index contributed by atoms with van der Waals surface area (Å²) in [6.45, 7) is 0. The van der Waals surface area contributed by atoms with Crippen LogP contribution in [0.5, 0.6) is 0 Å². The minimum Gasteiger partial charge on any atom is -0.256 e. The molecule has 0 aliphatic heterocycles. The fourth-order valence-corrected chi connectivity index (χ4v) is 3.15. The van der Waals surface area contributed by atoms with E-state index in [2.05, 4.69) is 39.7 Å². The van der Waals surface area contributed by atoms with Gasteiger partial charge in [-0.2, -0.15) is 0 Å². The van der Waals surface area contributed by atoms with Crippen LogP contribution in [0.15, 0.2) is 90.2 Å². The van der Waals surface area contributed by atoms with Gasteiger partial charge in [0.15, 0.2) is 0 Å². The van der Waals surface area contributed by atoms with Crippen molar-refractivity contribution in [3.63, 3.8) is 0 Å². The Kier molecular flexibility index (Phi) is 4.27. The quantitative estimate of drug-likeness (QED) is 0.523. The molecule has 0 saturated carbocycles. The van der Waals surface area contributed by atoms with Crippen molar-refractivity contribution in [3.8, 4) is 33.8 Å². The summed E-state index contributed by atoms with van der Waals surface area (Å²) in [6.07, 6.45) is 5.34. The number of thiol groups is 1. The lowest BCUT2D eigenvalue weighted by Gasteiger charge is -2.16. The van der Waals surface area contributed by atoms with Gasteiger partial charge in [0.25, 0.3) is 0 Å². The lowest BCUT2D eigenvalue weighted by Crippen LogP contribution is -1.97. The first-order valence-corrected chi connectivity index (χ1v) is 8.39. The number of rotatable bonds is 3. The second-order valence-electron chi connectivity index (χ2n) is 5.54. The highest BCUT2D eigenvalue weighted by Gasteiger charge is 2.19. The number of aromatic nitrogens is 3. The van der Waals surface area contributed by atoms with Gasteiger partial charge in [-0.3, -0.25) is 15.0 Å². The van der Waals surface area contributed by atoms with Gasteiger partial charge in [0.1, 0.15) is 0 Å². The molecular formula is C21H15N3S. The Balaban J connectivity index is 2.08. The monoisotopic (exact) mass is 341 g/mol. The van der Waals surface area contributed by atoms with Crippen LogP contribution in [0.4, 0.5) is 0 Å². The summed E-state index contributed by atoms with van der Waals surface area (Å²) in [5.74, 6) is 0. The Morgan fingerprint density at radius 2 is 1.24 bits per heavy atom. The zero-order valence-corrected chi connectivity index (χ0v) is 14.3. The van der Waals surface area contributed by atoms with E-state index in [1.807, 2.05) is 54.6 Å². The second kappa shape index (κ2) is 6.87. The standard InChI is InChI=1S/C21H15N3S/c25-18-14-24-21(17-11-5-7-13-23-17)20(16-10-4-6-12-22-16)19(18)15-8-2-1-3-9-15/h1-14,25H. The highest BCUT2D eigenvalue weighted by atomic mass is 32.1. The molecule has 0 spiro atoms. The molecule has 1 aromatic carbocycles. The van der Waals surface area contributed by atoms with Crippen molar-refractivity contribution >= 4 is 12.6 Å². The minimum absolute atomic E-state index is 0.802. The molecule has 0 radical (unpaired) electrons. The van der Waals surface area contributed by atoms with Crippen LogP contribution in [0.25, 0.3) is 33.8 Å². The maximum atomic E-state index is 4.68. The van der Waals surface area contributed by atoms with Crippen LogP contribution in [0.2, 0.25) is 0 Å². The zero-order chi connectivity index (χ0) is 17.1. The molecule has 0 unspecified atom stereocenters. The summed E-state index contributed by atoms with van der Waals surface area (Å²) >= 11 is 4.68. The van der Waals surface area contributed by atoms with Crippen LogP contribution in [0.1, 0.15) is 0 Å². The van der Waals surface area contributed by atoms with E-state index in [4.69, 9.17) is 0 Å². The van der Waals surface area contributed by atoms with Crippen molar-refractivity contribution in [2.45, 2.75) is 4.90 Å². The fraction of sp³-hybridized carbons (Fsp3) is 0. The topological polar surface area (TPSA) is 38.7 Å². The number of hydrogen-bond acceptors (Lipinski definition) is 4. The maximum absolute atomic E-state index is 4.68. The van der Waals surface area contributed by atoms with Gasteiger partial charge in [0.05, 0.1) is 17.1 Å². The minimum atomic E-state index is 0.802. The Morgan fingerprint density at radius 3 is 1.88 bits per heavy atom. The van der Waals surface area contributed by atoms with E-state index < -0.39 is 0 Å². The highest BCUT2D eigenvalue weighted by molar-refractivity contribution is 7.80. The van der Waals surface area contributed by atoms with Crippen LogP contribution in [-0.2, 0) is 0 Å². The van der Waals surface area contributed by atoms with E-state index >= 15 is 0 Å². The van der Waals surface area contributed by atoms with Gasteiger partial charge in [-0.05, 0) is 29.8 Å². The van der Waals surface area contributed by atoms with Gasteiger partial charge in [0.2, 0.25) is 0 Å². The number of benzene rings is 1. The largest absolute Gasteiger partial charge is 0.256 e. The van der Waals surface area contributed by atoms with E-state index in [9.17, 15) is 0 Å². The summed E-state index contributed by atoms with van der Waals surface area (Å²) in [6, 6.07) is 21.9. The van der Waals surface area contributed by atoms with E-state index in [1.54, 1.807) is 18.6 Å². The normalized spacial score (nSPS) is 10.6. The van der Waals surface area contributed by atoms with Gasteiger partial charge in [-0.1, -0.05) is 42.5 Å². The van der Waals surface area contributed by atoms with E-state index in [0.717, 1.165) is 38.7 Å². The molecule has 4 aromatic rings. The summed E-state index contributed by atoms with van der Waals surface area (Å²) < 4.78 is 0. The number of pyridine rings is 3. The first-order chi connectivity index (χ1) is 12.3. The second-order valence-corrected chi connectivity index (χ2v) is 6.02. The molecule has 4 heteroatoms. The molecule has 0 atom stereocenters. The van der Waals surface area contributed by atoms with E-state index in [1.165, 1.54) is 0 Å². The van der Waals surface area contributed by atoms with Crippen molar-refractivity contribution in [2.75, 3.05) is 0 Å². The Labute approximate surface area is 151 Å². The smallest absolute Gasteiger partial charge is 0.0987 e. The highest BCUT2D eigenvalue weighted by Crippen LogP contribution is 2.40. The Bertz CT molecular complexity index is 988. The molecule has 0 amide bonds. The van der Waals surface area contributed by atoms with Crippen LogP contribution in [0.3, 0.4) is 0 Å². The summed E-state index contributed by atoms with van der Waals surface area (Å²) in [7, 11) is 0. The van der Waals surface area contributed by atoms with Crippen molar-refractivity contribution in [2.24, 2.45) is 0 Å². The predicted molar refractivity (Wildman–Crippen MR) is 103 cm³/mol. The van der Waals surface area contributed by atoms with Crippen molar-refractivity contribution in [1.82, 2.24) is 15.0 Å². The molecule has 0 bridgehead atoms. The average Bonchev–Trinajstić information content (AvgIpc) is 2.70. The first-order valence-electron chi connectivity index (χ1n) is 7.95. The van der Waals surface area contributed by atoms with Gasteiger partial charge in [-0.25, -0.2) is 0 Å². The van der Waals surface area contributed by atoms with Gasteiger partial charge in [0, 0.05) is 34.6 Å². The first kappa shape index (κ1) is 15.5. The lowest BCUT2D eigenvalue weighted by molar-refractivity contribution is 1.19. The molecule has 3 aromatic heterocycles. The van der Waals surface area contributed by atoms with Crippen LogP contribution in [0, 0.1) is 0 Å². The lowest BCUT2D eigenvalue weighted by atomic mass is 9.95. The summed E-state index contributed by atoms with van der Waals surface area (Å²) in [5, 5.41) is 0. The third-order valence-corrected chi connectivity index (χ3v) is 4.29. The molecule has 0 aliphatic carbocycles. The van der Waals surface area contributed by atoms with Crippen molar-refractivity contribution < 1.29 is 0 Å². The molecule has 4 rings (SSSR count). The third kappa shape index (κ3) is 3.04. The Hall–Kier alpha value is -2.98. The molecule has 0 saturated heterocycles. The van der Waals surface area contributed by atoms with Crippen LogP contribution in [-0.4, -0.2) is 15.0 Å². The average molecular weight is 341 g/mol. The summed E-state index contributed by atoms with van der Waals surface area (Å²) in [4.78, 5) is 14.5. The molecule has 0 fully saturated rings. The third-order valence-electron chi connectivity index (χ3n) is 3.95. The molecule has 0 N–H and O–H groups in total. The molecule has 3 heterocycles. The van der Waals surface area contributed by atoms with E-state index in [-0.39, 0.29) is 0 Å². The molecule has 0 aliphatic rings. The van der Waals surface area contributed by atoms with Crippen molar-refractivity contribution in [1.29, 1.82) is 0 Å². The van der Waals surface area contributed by atoms with Gasteiger partial charge >= 0.3 is 0 Å². The Morgan fingerprint density at radius 1 is 0.600 bits per heavy atom. The van der Waals surface area contributed by atoms with Crippen LogP contribution >= 0.6 is 12.6 Å². The maximum Gasteiger partial charge on any atom is 0.0987 e. The summed E-state index contributed by atoms with van der Waals surface area (Å²) in [5.41, 5.74) is 5.50. The molecular weight excluding hydrogens is 326 g/mol. The van der Waals surface area contributed by atoms with Gasteiger partial charge < -0.3 is 0 Å². The predicted octanol–water partition coefficient (Wildman–Crippen LogP) is 5.16. The SMILES string of the molecule is Sc1cnc(-c2ccccn2)c(-c2ccccn2)c1-c1ccccc1. The van der Waals surface area contributed by atoms with E-state index in [0.29, 0.717) is 0 Å². The van der Waals surface area contributed by atoms with Crippen molar-refractivity contribution in [3.05, 3.63) is 85.3 Å². The molecule has 3 nitrogen and oxygen atoms in total. The van der Waals surface area contributed by atoms with Gasteiger partial charge in [-0.15, -0.1) is 12.6 Å². The fourth-order valence-electron chi connectivity index (χ4n) is 2.86. The van der Waals surface area contributed by atoms with Crippen LogP contribution < -0.4 is 0 Å². The zero-order valence-electron chi connectivity index (χ0n) is 13.4. The number of hydrogen-bond donors (Lipinski definition) is 1. The number of nitrogens with zero attached hydrogens (tertiary/aromatic N) is 3.